The quantitative estimate of drug-likeness (QED) is 0.932. The van der Waals surface area contributed by atoms with Gasteiger partial charge in [-0.3, -0.25) is 0 Å². The first-order valence-electron chi connectivity index (χ1n) is 5.60. The molecule has 1 unspecified atom stereocenters. The highest BCUT2D eigenvalue weighted by atomic mass is 19.4. The molecule has 0 spiro atoms. The Hall–Kier alpha value is -1.89. The molecule has 1 heterocycles. The van der Waals surface area contributed by atoms with E-state index in [0.29, 0.717) is 17.3 Å². The summed E-state index contributed by atoms with van der Waals surface area (Å²) in [7, 11) is 0. The van der Waals surface area contributed by atoms with Crippen LogP contribution < -0.4 is 5.73 Å². The third-order valence-corrected chi connectivity index (χ3v) is 2.51. The third-order valence-electron chi connectivity index (χ3n) is 2.51. The normalized spacial score (nSPS) is 13.5. The molecule has 0 fully saturated rings. The highest BCUT2D eigenvalue weighted by Crippen LogP contribution is 2.29. The Morgan fingerprint density at radius 2 is 1.84 bits per heavy atom. The summed E-state index contributed by atoms with van der Waals surface area (Å²) >= 11 is 0. The molecule has 7 heteroatoms. The second kappa shape index (κ2) is 5.00. The van der Waals surface area contributed by atoms with Gasteiger partial charge in [0, 0.05) is 0 Å². The molecule has 1 aromatic heterocycles. The number of rotatable bonds is 3. The zero-order chi connectivity index (χ0) is 14.0. The van der Waals surface area contributed by atoms with E-state index in [4.69, 9.17) is 10.2 Å². The van der Waals surface area contributed by atoms with Crippen molar-refractivity contribution in [3.63, 3.8) is 0 Å². The lowest BCUT2D eigenvalue weighted by Crippen LogP contribution is -2.04. The highest BCUT2D eigenvalue weighted by Gasteiger charge is 2.29. The summed E-state index contributed by atoms with van der Waals surface area (Å²) in [4.78, 5) is 0. The van der Waals surface area contributed by atoms with E-state index in [9.17, 15) is 13.2 Å². The minimum absolute atomic E-state index is 0.276. The van der Waals surface area contributed by atoms with Crippen LogP contribution in [0.4, 0.5) is 13.2 Å². The molecule has 0 saturated heterocycles. The zero-order valence-electron chi connectivity index (χ0n) is 10.1. The Bertz CT molecular complexity index is 546. The van der Waals surface area contributed by atoms with Crippen molar-refractivity contribution in [2.75, 3.05) is 0 Å². The van der Waals surface area contributed by atoms with Gasteiger partial charge < -0.3 is 10.2 Å². The summed E-state index contributed by atoms with van der Waals surface area (Å²) < 4.78 is 42.4. The molecule has 0 radical (unpaired) electrons. The molecule has 4 nitrogen and oxygen atoms in total. The number of alkyl halides is 3. The minimum Gasteiger partial charge on any atom is -0.423 e. The van der Waals surface area contributed by atoms with Gasteiger partial charge in [0.1, 0.15) is 0 Å². The van der Waals surface area contributed by atoms with Gasteiger partial charge in [0.2, 0.25) is 11.8 Å². The van der Waals surface area contributed by atoms with Gasteiger partial charge in [-0.05, 0) is 24.6 Å². The monoisotopic (exact) mass is 271 g/mol. The van der Waals surface area contributed by atoms with Crippen LogP contribution in [0, 0.1) is 0 Å². The Labute approximate surface area is 107 Å². The van der Waals surface area contributed by atoms with E-state index in [1.165, 1.54) is 12.1 Å². The summed E-state index contributed by atoms with van der Waals surface area (Å²) in [5.41, 5.74) is 5.54. The largest absolute Gasteiger partial charge is 0.423 e. The van der Waals surface area contributed by atoms with Gasteiger partial charge in [-0.25, -0.2) is 0 Å². The minimum atomic E-state index is -4.33. The third kappa shape index (κ3) is 3.31. The molecule has 1 atom stereocenters. The number of halogens is 3. The fourth-order valence-electron chi connectivity index (χ4n) is 1.51. The van der Waals surface area contributed by atoms with Gasteiger partial charge in [0.25, 0.3) is 0 Å². The van der Waals surface area contributed by atoms with Gasteiger partial charge >= 0.3 is 6.18 Å². The molecule has 0 saturated carbocycles. The van der Waals surface area contributed by atoms with Crippen molar-refractivity contribution in [2.45, 2.75) is 25.6 Å². The van der Waals surface area contributed by atoms with Crippen LogP contribution in [0.25, 0.3) is 0 Å². The zero-order valence-corrected chi connectivity index (χ0v) is 10.1. The molecule has 0 bridgehead atoms. The average molecular weight is 271 g/mol. The number of nitrogens with two attached hydrogens (primary N) is 1. The molecule has 19 heavy (non-hydrogen) atoms. The highest BCUT2D eigenvalue weighted by molar-refractivity contribution is 5.26. The first-order valence-corrected chi connectivity index (χ1v) is 5.60. The molecule has 2 N–H and O–H groups in total. The van der Waals surface area contributed by atoms with Crippen molar-refractivity contribution in [3.8, 4) is 0 Å². The maximum atomic E-state index is 12.4. The molecule has 0 aliphatic carbocycles. The SMILES string of the molecule is CC(N)c1nnc(Cc2ccc(C(F)(F)F)cc2)o1. The van der Waals surface area contributed by atoms with Crippen molar-refractivity contribution in [1.82, 2.24) is 10.2 Å². The van der Waals surface area contributed by atoms with E-state index >= 15 is 0 Å². The predicted molar refractivity (Wildman–Crippen MR) is 61.2 cm³/mol. The van der Waals surface area contributed by atoms with Gasteiger partial charge in [-0.1, -0.05) is 12.1 Å². The van der Waals surface area contributed by atoms with Crippen molar-refractivity contribution in [3.05, 3.63) is 47.2 Å². The second-order valence-corrected chi connectivity index (χ2v) is 4.19. The Kier molecular flexibility index (Phi) is 3.57. The molecule has 0 aliphatic rings. The predicted octanol–water partition coefficient (Wildman–Crippen LogP) is 2.70. The van der Waals surface area contributed by atoms with E-state index in [-0.39, 0.29) is 12.5 Å². The summed E-state index contributed by atoms with van der Waals surface area (Å²) in [5.74, 6) is 0.633. The van der Waals surface area contributed by atoms with E-state index < -0.39 is 11.7 Å². The molecular weight excluding hydrogens is 259 g/mol. The van der Waals surface area contributed by atoms with Crippen LogP contribution >= 0.6 is 0 Å². The molecule has 1 aromatic carbocycles. The molecular formula is C12H12F3N3O. The van der Waals surface area contributed by atoms with Crippen LogP contribution in [0.2, 0.25) is 0 Å². The van der Waals surface area contributed by atoms with Gasteiger partial charge in [-0.2, -0.15) is 13.2 Å². The van der Waals surface area contributed by atoms with Gasteiger partial charge in [0.15, 0.2) is 0 Å². The maximum Gasteiger partial charge on any atom is 0.416 e. The lowest BCUT2D eigenvalue weighted by molar-refractivity contribution is -0.137. The molecule has 2 aromatic rings. The standard InChI is InChI=1S/C12H12F3N3O/c1-7(16)11-18-17-10(19-11)6-8-2-4-9(5-3-8)12(13,14)15/h2-5,7H,6,16H2,1H3. The molecule has 2 rings (SSSR count). The van der Waals surface area contributed by atoms with E-state index in [0.717, 1.165) is 12.1 Å². The van der Waals surface area contributed by atoms with Gasteiger partial charge in [0.05, 0.1) is 18.0 Å². The number of hydrogen-bond acceptors (Lipinski definition) is 4. The summed E-state index contributed by atoms with van der Waals surface area (Å²) in [6.07, 6.45) is -4.05. The second-order valence-electron chi connectivity index (χ2n) is 4.19. The van der Waals surface area contributed by atoms with Crippen LogP contribution in [-0.2, 0) is 12.6 Å². The van der Waals surface area contributed by atoms with Crippen LogP contribution in [-0.4, -0.2) is 10.2 Å². The Morgan fingerprint density at radius 1 is 1.21 bits per heavy atom. The average Bonchev–Trinajstić information content (AvgIpc) is 2.77. The lowest BCUT2D eigenvalue weighted by atomic mass is 10.1. The van der Waals surface area contributed by atoms with E-state index in [1.54, 1.807) is 6.92 Å². The Morgan fingerprint density at radius 3 is 2.32 bits per heavy atom. The summed E-state index contributed by atoms with van der Waals surface area (Å²) in [5, 5.41) is 7.53. The fraction of sp³-hybridized carbons (Fsp3) is 0.333. The summed E-state index contributed by atoms with van der Waals surface area (Å²) in [6, 6.07) is 4.46. The van der Waals surface area contributed by atoms with E-state index in [1.807, 2.05) is 0 Å². The van der Waals surface area contributed by atoms with Crippen LogP contribution in [0.1, 0.15) is 35.9 Å². The first-order chi connectivity index (χ1) is 8.86. The number of hydrogen-bond donors (Lipinski definition) is 1. The van der Waals surface area contributed by atoms with Crippen molar-refractivity contribution < 1.29 is 17.6 Å². The van der Waals surface area contributed by atoms with Crippen molar-refractivity contribution in [1.29, 1.82) is 0 Å². The maximum absolute atomic E-state index is 12.4. The van der Waals surface area contributed by atoms with Crippen molar-refractivity contribution >= 4 is 0 Å². The van der Waals surface area contributed by atoms with Crippen molar-refractivity contribution in [2.24, 2.45) is 5.73 Å². The topological polar surface area (TPSA) is 64.9 Å². The van der Waals surface area contributed by atoms with Crippen LogP contribution in [0.5, 0.6) is 0 Å². The number of nitrogens with zero attached hydrogens (tertiary/aromatic N) is 2. The lowest BCUT2D eigenvalue weighted by Gasteiger charge is -2.06. The van der Waals surface area contributed by atoms with Crippen LogP contribution in [0.3, 0.4) is 0 Å². The smallest absolute Gasteiger partial charge is 0.416 e. The molecule has 0 aliphatic heterocycles. The summed E-state index contributed by atoms with van der Waals surface area (Å²) in [6.45, 7) is 1.70. The van der Waals surface area contributed by atoms with Crippen LogP contribution in [0.15, 0.2) is 28.7 Å². The molecule has 102 valence electrons. The number of aromatic nitrogens is 2. The van der Waals surface area contributed by atoms with Gasteiger partial charge in [-0.15, -0.1) is 10.2 Å². The fourth-order valence-corrected chi connectivity index (χ4v) is 1.51. The first kappa shape index (κ1) is 13.5. The van der Waals surface area contributed by atoms with E-state index in [2.05, 4.69) is 10.2 Å². The number of benzene rings is 1. The molecule has 0 amide bonds. The Balaban J connectivity index is 2.11.